The number of pyridine rings is 1. The lowest BCUT2D eigenvalue weighted by Gasteiger charge is -2.48. The van der Waals surface area contributed by atoms with Gasteiger partial charge >= 0.3 is 0 Å². The first-order valence-electron chi connectivity index (χ1n) is 10.0. The van der Waals surface area contributed by atoms with Crippen molar-refractivity contribution in [2.24, 2.45) is 11.3 Å². The molecule has 1 unspecified atom stereocenters. The van der Waals surface area contributed by atoms with Crippen LogP contribution in [-0.4, -0.2) is 59.0 Å². The molecule has 2 saturated heterocycles. The van der Waals surface area contributed by atoms with Crippen LogP contribution < -0.4 is 0 Å². The van der Waals surface area contributed by atoms with Gasteiger partial charge in [-0.3, -0.25) is 9.59 Å². The number of aromatic nitrogens is 1. The molecule has 148 valence electrons. The van der Waals surface area contributed by atoms with Crippen molar-refractivity contribution < 1.29 is 9.59 Å². The normalized spacial score (nSPS) is 23.3. The molecule has 2 aliphatic rings. The molecule has 3 heterocycles. The summed E-state index contributed by atoms with van der Waals surface area (Å²) >= 11 is 1.51. The molecule has 2 fully saturated rings. The second kappa shape index (κ2) is 8.63. The minimum atomic E-state index is 0.0561. The van der Waals surface area contributed by atoms with Crippen molar-refractivity contribution in [1.82, 2.24) is 14.8 Å². The van der Waals surface area contributed by atoms with Gasteiger partial charge in [0, 0.05) is 44.2 Å². The molecule has 1 spiro atoms. The molecule has 1 aromatic heterocycles. The van der Waals surface area contributed by atoms with Gasteiger partial charge in [0.25, 0.3) is 5.91 Å². The predicted octanol–water partition coefficient (Wildman–Crippen LogP) is 3.69. The van der Waals surface area contributed by atoms with E-state index >= 15 is 0 Å². The van der Waals surface area contributed by atoms with Crippen molar-refractivity contribution in [2.75, 3.05) is 32.4 Å². The van der Waals surface area contributed by atoms with Gasteiger partial charge in [-0.05, 0) is 50.0 Å². The molecule has 3 rings (SSSR count). The average Bonchev–Trinajstić information content (AvgIpc) is 2.68. The Bertz CT molecular complexity index is 694. The quantitative estimate of drug-likeness (QED) is 0.721. The number of nitrogens with zero attached hydrogens (tertiary/aromatic N) is 3. The number of carbonyl (C=O) groups is 2. The lowest BCUT2D eigenvalue weighted by Crippen LogP contribution is -2.55. The van der Waals surface area contributed by atoms with Crippen LogP contribution in [0.15, 0.2) is 23.4 Å². The predicted molar refractivity (Wildman–Crippen MR) is 109 cm³/mol. The molecule has 1 aromatic rings. The zero-order chi connectivity index (χ0) is 19.4. The van der Waals surface area contributed by atoms with Crippen LogP contribution >= 0.6 is 11.8 Å². The summed E-state index contributed by atoms with van der Waals surface area (Å²) in [7, 11) is 0. The van der Waals surface area contributed by atoms with Crippen LogP contribution in [0, 0.1) is 11.3 Å². The number of hydrogen-bond donors (Lipinski definition) is 0. The zero-order valence-electron chi connectivity index (χ0n) is 16.7. The molecule has 0 saturated carbocycles. The van der Waals surface area contributed by atoms with E-state index in [4.69, 9.17) is 0 Å². The van der Waals surface area contributed by atoms with Crippen molar-refractivity contribution in [3.63, 3.8) is 0 Å². The monoisotopic (exact) mass is 389 g/mol. The number of thioether (sulfide) groups is 1. The van der Waals surface area contributed by atoms with Crippen LogP contribution in [0.25, 0.3) is 0 Å². The first-order valence-corrected chi connectivity index (χ1v) is 11.2. The van der Waals surface area contributed by atoms with E-state index in [9.17, 15) is 9.59 Å². The Morgan fingerprint density at radius 1 is 1.33 bits per heavy atom. The van der Waals surface area contributed by atoms with Gasteiger partial charge in [0.15, 0.2) is 0 Å². The van der Waals surface area contributed by atoms with Crippen molar-refractivity contribution in [3.05, 3.63) is 23.9 Å². The number of amides is 2. The summed E-state index contributed by atoms with van der Waals surface area (Å²) in [5, 5.41) is 0.791. The summed E-state index contributed by atoms with van der Waals surface area (Å²) in [6, 6.07) is 3.71. The van der Waals surface area contributed by atoms with E-state index in [1.807, 2.05) is 23.3 Å². The molecule has 1 atom stereocenters. The van der Waals surface area contributed by atoms with Gasteiger partial charge in [-0.25, -0.2) is 4.98 Å². The fraction of sp³-hybridized carbons (Fsp3) is 0.667. The van der Waals surface area contributed by atoms with E-state index in [1.54, 1.807) is 6.20 Å². The summed E-state index contributed by atoms with van der Waals surface area (Å²) in [5.74, 6) is 0.953. The molecule has 2 aliphatic heterocycles. The van der Waals surface area contributed by atoms with Crippen molar-refractivity contribution in [2.45, 2.75) is 51.0 Å². The molecule has 0 N–H and O–H groups in total. The number of carbonyl (C=O) groups excluding carboxylic acids is 2. The standard InChI is InChI=1S/C21H31N3O2S/c1-16(2)8-13-23-14-21(10-7-18(23)25)9-5-12-24(15-21)20(26)17-6-4-11-22-19(17)27-3/h4,6,11,16H,5,7-10,12-15H2,1-3H3. The van der Waals surface area contributed by atoms with Crippen LogP contribution in [0.2, 0.25) is 0 Å². The lowest BCUT2D eigenvalue weighted by molar-refractivity contribution is -0.139. The maximum atomic E-state index is 13.2. The van der Waals surface area contributed by atoms with Gasteiger partial charge in [-0.15, -0.1) is 11.8 Å². The van der Waals surface area contributed by atoms with Gasteiger partial charge in [-0.2, -0.15) is 0 Å². The van der Waals surface area contributed by atoms with Crippen LogP contribution in [0.1, 0.15) is 56.3 Å². The maximum absolute atomic E-state index is 13.2. The average molecular weight is 390 g/mol. The minimum Gasteiger partial charge on any atom is -0.342 e. The SMILES string of the molecule is CSc1ncccc1C(=O)N1CCCC2(CCC(=O)N(CCC(C)C)C2)C1. The van der Waals surface area contributed by atoms with E-state index in [0.29, 0.717) is 17.9 Å². The topological polar surface area (TPSA) is 53.5 Å². The minimum absolute atomic E-state index is 0.0561. The highest BCUT2D eigenvalue weighted by molar-refractivity contribution is 7.98. The smallest absolute Gasteiger partial charge is 0.256 e. The summed E-state index contributed by atoms with van der Waals surface area (Å²) < 4.78 is 0. The molecule has 6 heteroatoms. The lowest BCUT2D eigenvalue weighted by atomic mass is 9.73. The largest absolute Gasteiger partial charge is 0.342 e. The zero-order valence-corrected chi connectivity index (χ0v) is 17.6. The highest BCUT2D eigenvalue weighted by Gasteiger charge is 2.42. The first kappa shape index (κ1) is 20.2. The molecule has 0 aliphatic carbocycles. The third kappa shape index (κ3) is 4.65. The van der Waals surface area contributed by atoms with Crippen LogP contribution in [0.5, 0.6) is 0 Å². The summed E-state index contributed by atoms with van der Waals surface area (Å²) in [6.45, 7) is 7.57. The molecule has 2 amide bonds. The van der Waals surface area contributed by atoms with Crippen molar-refractivity contribution >= 4 is 23.6 Å². The Labute approximate surface area is 166 Å². The summed E-state index contributed by atoms with van der Waals surface area (Å²) in [6.07, 6.45) is 8.35. The van der Waals surface area contributed by atoms with Gasteiger partial charge in [0.2, 0.25) is 5.91 Å². The van der Waals surface area contributed by atoms with Crippen LogP contribution in [0.3, 0.4) is 0 Å². The van der Waals surface area contributed by atoms with E-state index in [0.717, 1.165) is 56.9 Å². The molecule has 27 heavy (non-hydrogen) atoms. The van der Waals surface area contributed by atoms with Gasteiger partial charge in [0.05, 0.1) is 5.56 Å². The highest BCUT2D eigenvalue weighted by Crippen LogP contribution is 2.39. The van der Waals surface area contributed by atoms with Crippen molar-refractivity contribution in [1.29, 1.82) is 0 Å². The van der Waals surface area contributed by atoms with E-state index in [-0.39, 0.29) is 17.2 Å². The van der Waals surface area contributed by atoms with Crippen molar-refractivity contribution in [3.8, 4) is 0 Å². The molecule has 0 radical (unpaired) electrons. The maximum Gasteiger partial charge on any atom is 0.256 e. The summed E-state index contributed by atoms with van der Waals surface area (Å²) in [5.41, 5.74) is 0.756. The van der Waals surface area contributed by atoms with Crippen LogP contribution in [0.4, 0.5) is 0 Å². The fourth-order valence-corrected chi connectivity index (χ4v) is 4.86. The van der Waals surface area contributed by atoms with Gasteiger partial charge < -0.3 is 9.80 Å². The molecular formula is C21H31N3O2S. The highest BCUT2D eigenvalue weighted by atomic mass is 32.2. The van der Waals surface area contributed by atoms with E-state index < -0.39 is 0 Å². The van der Waals surface area contributed by atoms with Gasteiger partial charge in [0.1, 0.15) is 5.03 Å². The Hall–Kier alpha value is -1.56. The Balaban J connectivity index is 1.73. The number of likely N-dealkylation sites (tertiary alicyclic amines) is 2. The Morgan fingerprint density at radius 3 is 2.89 bits per heavy atom. The summed E-state index contributed by atoms with van der Waals surface area (Å²) in [4.78, 5) is 33.9. The molecular weight excluding hydrogens is 358 g/mol. The van der Waals surface area contributed by atoms with Gasteiger partial charge in [-0.1, -0.05) is 13.8 Å². The molecule has 0 bridgehead atoms. The number of hydrogen-bond acceptors (Lipinski definition) is 4. The van der Waals surface area contributed by atoms with Crippen LogP contribution in [-0.2, 0) is 4.79 Å². The second-order valence-electron chi connectivity index (χ2n) is 8.39. The molecule has 5 nitrogen and oxygen atoms in total. The number of piperidine rings is 2. The second-order valence-corrected chi connectivity index (χ2v) is 9.18. The third-order valence-corrected chi connectivity index (χ3v) is 6.58. The first-order chi connectivity index (χ1) is 12.9. The Morgan fingerprint density at radius 2 is 2.15 bits per heavy atom. The Kier molecular flexibility index (Phi) is 6.45. The third-order valence-electron chi connectivity index (χ3n) is 5.87. The van der Waals surface area contributed by atoms with E-state index in [1.165, 1.54) is 11.8 Å². The van der Waals surface area contributed by atoms with E-state index in [2.05, 4.69) is 23.7 Å². The number of rotatable bonds is 5. The fourth-order valence-electron chi connectivity index (χ4n) is 4.32. The molecule has 0 aromatic carbocycles.